The maximum atomic E-state index is 12.4. The number of carbonyl (C=O) groups is 1. The van der Waals surface area contributed by atoms with Gasteiger partial charge in [0.25, 0.3) is 0 Å². The van der Waals surface area contributed by atoms with E-state index in [1.165, 1.54) is 16.3 Å². The highest BCUT2D eigenvalue weighted by atomic mass is 35.5. The zero-order chi connectivity index (χ0) is 16.2. The molecule has 1 heterocycles. The lowest BCUT2D eigenvalue weighted by molar-refractivity contribution is -0.132. The molecule has 1 saturated heterocycles. The summed E-state index contributed by atoms with van der Waals surface area (Å²) in [6.45, 7) is 3.80. The molecule has 0 bridgehead atoms. The Morgan fingerprint density at radius 2 is 1.83 bits per heavy atom. The highest BCUT2D eigenvalue weighted by Gasteiger charge is 2.24. The number of fused-ring (bicyclic) bond motifs is 1. The Balaban J connectivity index is 0.00000208. The maximum absolute atomic E-state index is 12.4. The molecule has 1 aliphatic heterocycles. The summed E-state index contributed by atoms with van der Waals surface area (Å²) in [6, 6.07) is 15.1. The van der Waals surface area contributed by atoms with Gasteiger partial charge in [0.05, 0.1) is 0 Å². The SMILES string of the molecule is CC(N)C1CCN(C(=O)CCc2ccc3ccccc3c2)CC1.Cl. The molecule has 2 N–H and O–H groups in total. The number of benzene rings is 2. The molecular formula is C20H27ClN2O. The predicted molar refractivity (Wildman–Crippen MR) is 102 cm³/mol. The molecule has 2 aromatic rings. The molecule has 0 radical (unpaired) electrons. The van der Waals surface area contributed by atoms with E-state index in [0.717, 1.165) is 32.4 Å². The number of hydrogen-bond acceptors (Lipinski definition) is 2. The molecule has 1 aliphatic rings. The number of amides is 1. The normalized spacial score (nSPS) is 16.7. The lowest BCUT2D eigenvalue weighted by Crippen LogP contribution is -2.42. The molecule has 4 heteroatoms. The van der Waals surface area contributed by atoms with Crippen LogP contribution in [0.25, 0.3) is 10.8 Å². The van der Waals surface area contributed by atoms with E-state index in [4.69, 9.17) is 5.73 Å². The molecule has 0 saturated carbocycles. The molecule has 1 atom stereocenters. The molecule has 3 nitrogen and oxygen atoms in total. The zero-order valence-electron chi connectivity index (χ0n) is 14.3. The number of carbonyl (C=O) groups excluding carboxylic acids is 1. The van der Waals surface area contributed by atoms with E-state index in [-0.39, 0.29) is 24.4 Å². The first kappa shape index (κ1) is 18.8. The Kier molecular flexibility index (Phi) is 6.64. The average molecular weight is 347 g/mol. The van der Waals surface area contributed by atoms with Crippen LogP contribution in [-0.2, 0) is 11.2 Å². The van der Waals surface area contributed by atoms with Crippen molar-refractivity contribution in [2.24, 2.45) is 11.7 Å². The Morgan fingerprint density at radius 1 is 1.17 bits per heavy atom. The molecule has 130 valence electrons. The second-order valence-corrected chi connectivity index (χ2v) is 6.76. The first-order valence-electron chi connectivity index (χ1n) is 8.64. The summed E-state index contributed by atoms with van der Waals surface area (Å²) >= 11 is 0. The lowest BCUT2D eigenvalue weighted by atomic mass is 9.91. The van der Waals surface area contributed by atoms with E-state index in [0.29, 0.717) is 12.3 Å². The quantitative estimate of drug-likeness (QED) is 0.915. The van der Waals surface area contributed by atoms with E-state index < -0.39 is 0 Å². The minimum atomic E-state index is 0. The standard InChI is InChI=1S/C20H26N2O.ClH/c1-15(21)17-10-12-22(13-11-17)20(23)9-7-16-6-8-18-4-2-3-5-19(18)14-16;/h2-6,8,14-15,17H,7,9-13,21H2,1H3;1H. The first-order valence-corrected chi connectivity index (χ1v) is 8.64. The first-order chi connectivity index (χ1) is 11.1. The summed E-state index contributed by atoms with van der Waals surface area (Å²) in [5, 5.41) is 2.50. The van der Waals surface area contributed by atoms with Gasteiger partial charge in [-0.3, -0.25) is 4.79 Å². The van der Waals surface area contributed by atoms with Crippen LogP contribution in [0, 0.1) is 5.92 Å². The van der Waals surface area contributed by atoms with Crippen LogP contribution in [0.4, 0.5) is 0 Å². The van der Waals surface area contributed by atoms with Gasteiger partial charge in [-0.05, 0) is 48.4 Å². The van der Waals surface area contributed by atoms with Gasteiger partial charge in [-0.15, -0.1) is 12.4 Å². The van der Waals surface area contributed by atoms with E-state index in [2.05, 4.69) is 49.4 Å². The van der Waals surface area contributed by atoms with Gasteiger partial charge in [-0.2, -0.15) is 0 Å². The Morgan fingerprint density at radius 3 is 2.50 bits per heavy atom. The number of nitrogens with two attached hydrogens (primary N) is 1. The second kappa shape index (κ2) is 8.50. The van der Waals surface area contributed by atoms with Crippen molar-refractivity contribution in [1.29, 1.82) is 0 Å². The van der Waals surface area contributed by atoms with Crippen LogP contribution in [-0.4, -0.2) is 29.9 Å². The Hall–Kier alpha value is -1.58. The average Bonchev–Trinajstić information content (AvgIpc) is 2.59. The van der Waals surface area contributed by atoms with Crippen LogP contribution in [0.3, 0.4) is 0 Å². The molecule has 0 spiro atoms. The van der Waals surface area contributed by atoms with Crippen molar-refractivity contribution < 1.29 is 4.79 Å². The Bertz CT molecular complexity index is 678. The van der Waals surface area contributed by atoms with Crippen molar-refractivity contribution in [3.05, 3.63) is 48.0 Å². The molecule has 0 aliphatic carbocycles. The van der Waals surface area contributed by atoms with Crippen molar-refractivity contribution in [2.45, 2.75) is 38.6 Å². The Labute approximate surface area is 150 Å². The van der Waals surface area contributed by atoms with Gasteiger partial charge < -0.3 is 10.6 Å². The van der Waals surface area contributed by atoms with Crippen LogP contribution < -0.4 is 5.73 Å². The van der Waals surface area contributed by atoms with Gasteiger partial charge in [0.1, 0.15) is 0 Å². The van der Waals surface area contributed by atoms with Crippen LogP contribution in [0.5, 0.6) is 0 Å². The summed E-state index contributed by atoms with van der Waals surface area (Å²) in [7, 11) is 0. The van der Waals surface area contributed by atoms with Crippen molar-refractivity contribution >= 4 is 29.1 Å². The summed E-state index contributed by atoms with van der Waals surface area (Å²) in [4.78, 5) is 14.4. The van der Waals surface area contributed by atoms with Gasteiger partial charge >= 0.3 is 0 Å². The fourth-order valence-corrected chi connectivity index (χ4v) is 3.48. The van der Waals surface area contributed by atoms with Gasteiger partial charge in [0, 0.05) is 25.6 Å². The second-order valence-electron chi connectivity index (χ2n) is 6.76. The molecule has 0 aromatic heterocycles. The number of hydrogen-bond donors (Lipinski definition) is 1. The smallest absolute Gasteiger partial charge is 0.222 e. The molecule has 3 rings (SSSR count). The lowest BCUT2D eigenvalue weighted by Gasteiger charge is -2.33. The fourth-order valence-electron chi connectivity index (χ4n) is 3.48. The highest BCUT2D eigenvalue weighted by molar-refractivity contribution is 5.85. The van der Waals surface area contributed by atoms with Gasteiger partial charge in [0.2, 0.25) is 5.91 Å². The largest absolute Gasteiger partial charge is 0.343 e. The number of piperidine rings is 1. The fraction of sp³-hybridized carbons (Fsp3) is 0.450. The summed E-state index contributed by atoms with van der Waals surface area (Å²) in [5.74, 6) is 0.848. The van der Waals surface area contributed by atoms with Crippen molar-refractivity contribution in [3.8, 4) is 0 Å². The summed E-state index contributed by atoms with van der Waals surface area (Å²) < 4.78 is 0. The van der Waals surface area contributed by atoms with Crippen LogP contribution in [0.15, 0.2) is 42.5 Å². The minimum Gasteiger partial charge on any atom is -0.343 e. The van der Waals surface area contributed by atoms with Gasteiger partial charge in [-0.25, -0.2) is 0 Å². The molecule has 2 aromatic carbocycles. The number of aryl methyl sites for hydroxylation is 1. The van der Waals surface area contributed by atoms with Gasteiger partial charge in [0.15, 0.2) is 0 Å². The van der Waals surface area contributed by atoms with E-state index in [1.54, 1.807) is 0 Å². The van der Waals surface area contributed by atoms with Crippen molar-refractivity contribution in [1.82, 2.24) is 4.90 Å². The summed E-state index contributed by atoms with van der Waals surface area (Å²) in [6.07, 6.45) is 3.50. The number of rotatable bonds is 4. The number of nitrogens with zero attached hydrogens (tertiary/aromatic N) is 1. The third kappa shape index (κ3) is 4.49. The molecular weight excluding hydrogens is 320 g/mol. The predicted octanol–water partition coefficient (Wildman–Crippen LogP) is 3.78. The topological polar surface area (TPSA) is 46.3 Å². The molecule has 24 heavy (non-hydrogen) atoms. The monoisotopic (exact) mass is 346 g/mol. The molecule has 1 amide bonds. The van der Waals surface area contributed by atoms with Crippen molar-refractivity contribution in [2.75, 3.05) is 13.1 Å². The third-order valence-corrected chi connectivity index (χ3v) is 5.08. The minimum absolute atomic E-state index is 0. The highest BCUT2D eigenvalue weighted by Crippen LogP contribution is 2.21. The molecule has 1 fully saturated rings. The van der Waals surface area contributed by atoms with Crippen molar-refractivity contribution in [3.63, 3.8) is 0 Å². The van der Waals surface area contributed by atoms with Crippen LogP contribution in [0.1, 0.15) is 31.7 Å². The molecule has 1 unspecified atom stereocenters. The van der Waals surface area contributed by atoms with Crippen LogP contribution >= 0.6 is 12.4 Å². The maximum Gasteiger partial charge on any atom is 0.222 e. The van der Waals surface area contributed by atoms with E-state index in [9.17, 15) is 4.79 Å². The van der Waals surface area contributed by atoms with Crippen LogP contribution in [0.2, 0.25) is 0 Å². The summed E-state index contributed by atoms with van der Waals surface area (Å²) in [5.41, 5.74) is 7.20. The van der Waals surface area contributed by atoms with E-state index in [1.807, 2.05) is 4.90 Å². The zero-order valence-corrected chi connectivity index (χ0v) is 15.1. The number of halogens is 1. The van der Waals surface area contributed by atoms with E-state index >= 15 is 0 Å². The van der Waals surface area contributed by atoms with Gasteiger partial charge in [-0.1, -0.05) is 42.5 Å². The third-order valence-electron chi connectivity index (χ3n) is 5.08. The number of likely N-dealkylation sites (tertiary alicyclic amines) is 1.